The third-order valence-corrected chi connectivity index (χ3v) is 6.07. The van der Waals surface area contributed by atoms with Crippen LogP contribution in [0.15, 0.2) is 63.3 Å². The Balaban J connectivity index is 1.59. The van der Waals surface area contributed by atoms with Crippen molar-refractivity contribution in [1.82, 2.24) is 24.7 Å². The molecule has 0 radical (unpaired) electrons. The summed E-state index contributed by atoms with van der Waals surface area (Å²) in [7, 11) is 3.06. The monoisotopic (exact) mass is 508 g/mol. The van der Waals surface area contributed by atoms with Gasteiger partial charge in [-0.2, -0.15) is 0 Å². The van der Waals surface area contributed by atoms with Gasteiger partial charge in [0.2, 0.25) is 5.91 Å². The van der Waals surface area contributed by atoms with Gasteiger partial charge in [0.15, 0.2) is 5.16 Å². The summed E-state index contributed by atoms with van der Waals surface area (Å²) in [5.41, 5.74) is 1.59. The number of rotatable bonds is 9. The van der Waals surface area contributed by atoms with E-state index in [4.69, 9.17) is 9.47 Å². The van der Waals surface area contributed by atoms with Gasteiger partial charge in [0.1, 0.15) is 17.3 Å². The smallest absolute Gasteiger partial charge is 0.325 e. The van der Waals surface area contributed by atoms with E-state index < -0.39 is 11.2 Å². The Kier molecular flexibility index (Phi) is 7.54. The van der Waals surface area contributed by atoms with Crippen LogP contribution in [0.5, 0.6) is 11.5 Å². The quantitative estimate of drug-likeness (QED) is 0.292. The SMILES string of the molecule is COc1ccc(OC)c(NC(=O)CSc2nnc(Cc3cc(=O)[nH]c(=O)[nH]3)n2-c2cccc(C)c2)c1. The summed E-state index contributed by atoms with van der Waals surface area (Å²) < 4.78 is 12.4. The fourth-order valence-electron chi connectivity index (χ4n) is 3.55. The predicted octanol–water partition coefficient (Wildman–Crippen LogP) is 2.29. The predicted molar refractivity (Wildman–Crippen MR) is 135 cm³/mol. The molecule has 186 valence electrons. The number of benzene rings is 2. The average molecular weight is 509 g/mol. The zero-order valence-electron chi connectivity index (χ0n) is 19.8. The largest absolute Gasteiger partial charge is 0.497 e. The molecule has 0 saturated carbocycles. The summed E-state index contributed by atoms with van der Waals surface area (Å²) in [6, 6.07) is 14.1. The third kappa shape index (κ3) is 5.84. The topological polar surface area (TPSA) is 144 Å². The molecule has 4 aromatic rings. The summed E-state index contributed by atoms with van der Waals surface area (Å²) in [6.45, 7) is 1.96. The molecule has 11 nitrogen and oxygen atoms in total. The van der Waals surface area contributed by atoms with Gasteiger partial charge < -0.3 is 19.8 Å². The van der Waals surface area contributed by atoms with E-state index in [-0.39, 0.29) is 18.1 Å². The van der Waals surface area contributed by atoms with E-state index >= 15 is 0 Å². The van der Waals surface area contributed by atoms with Gasteiger partial charge in [-0.1, -0.05) is 23.9 Å². The number of aryl methyl sites for hydroxylation is 1. The number of hydrogen-bond acceptors (Lipinski definition) is 8. The van der Waals surface area contributed by atoms with Gasteiger partial charge >= 0.3 is 5.69 Å². The molecule has 2 aromatic carbocycles. The van der Waals surface area contributed by atoms with Crippen LogP contribution in [0.1, 0.15) is 17.1 Å². The molecule has 0 atom stereocenters. The van der Waals surface area contributed by atoms with Gasteiger partial charge in [-0.3, -0.25) is 19.1 Å². The van der Waals surface area contributed by atoms with Crippen LogP contribution in [0, 0.1) is 6.92 Å². The lowest BCUT2D eigenvalue weighted by atomic mass is 10.2. The molecule has 2 aromatic heterocycles. The molecule has 36 heavy (non-hydrogen) atoms. The Hall–Kier alpha value is -4.32. The molecular weight excluding hydrogens is 484 g/mol. The summed E-state index contributed by atoms with van der Waals surface area (Å²) in [4.78, 5) is 41.0. The normalized spacial score (nSPS) is 10.8. The van der Waals surface area contributed by atoms with Crippen molar-refractivity contribution in [3.8, 4) is 17.2 Å². The lowest BCUT2D eigenvalue weighted by molar-refractivity contribution is -0.113. The van der Waals surface area contributed by atoms with Crippen molar-refractivity contribution in [2.75, 3.05) is 25.3 Å². The van der Waals surface area contributed by atoms with Crippen molar-refractivity contribution in [2.45, 2.75) is 18.5 Å². The first-order valence-electron chi connectivity index (χ1n) is 10.8. The van der Waals surface area contributed by atoms with E-state index in [1.54, 1.807) is 29.9 Å². The van der Waals surface area contributed by atoms with E-state index in [2.05, 4.69) is 25.5 Å². The first kappa shape index (κ1) is 24.8. The van der Waals surface area contributed by atoms with Gasteiger partial charge in [-0.15, -0.1) is 10.2 Å². The highest BCUT2D eigenvalue weighted by atomic mass is 32.2. The summed E-state index contributed by atoms with van der Waals surface area (Å²) in [5.74, 6) is 1.36. The van der Waals surface area contributed by atoms with E-state index in [1.807, 2.05) is 31.2 Å². The number of H-pyrrole nitrogens is 2. The summed E-state index contributed by atoms with van der Waals surface area (Å²) in [6.07, 6.45) is 0.161. The summed E-state index contributed by atoms with van der Waals surface area (Å²) in [5, 5.41) is 11.9. The Morgan fingerprint density at radius 3 is 2.61 bits per heavy atom. The van der Waals surface area contributed by atoms with Crippen molar-refractivity contribution in [3.63, 3.8) is 0 Å². The third-order valence-electron chi connectivity index (χ3n) is 5.14. The van der Waals surface area contributed by atoms with Crippen LogP contribution in [-0.4, -0.2) is 50.6 Å². The zero-order chi connectivity index (χ0) is 25.7. The lowest BCUT2D eigenvalue weighted by Gasteiger charge is -2.13. The number of anilines is 1. The second kappa shape index (κ2) is 11.0. The second-order valence-corrected chi connectivity index (χ2v) is 8.71. The first-order chi connectivity index (χ1) is 17.4. The molecule has 1 amide bonds. The number of ether oxygens (including phenoxy) is 2. The van der Waals surface area contributed by atoms with Crippen molar-refractivity contribution >= 4 is 23.4 Å². The molecule has 0 aliphatic heterocycles. The van der Waals surface area contributed by atoms with Crippen LogP contribution in [0.4, 0.5) is 5.69 Å². The number of amides is 1. The van der Waals surface area contributed by atoms with Gasteiger partial charge in [-0.05, 0) is 36.8 Å². The fraction of sp³-hybridized carbons (Fsp3) is 0.208. The number of aromatic amines is 2. The van der Waals surface area contributed by atoms with Crippen molar-refractivity contribution in [1.29, 1.82) is 0 Å². The number of aromatic nitrogens is 5. The number of thioether (sulfide) groups is 1. The molecule has 0 saturated heterocycles. The number of carbonyl (C=O) groups excluding carboxylic acids is 1. The maximum atomic E-state index is 12.8. The Labute approximate surface area is 209 Å². The number of methoxy groups -OCH3 is 2. The molecule has 2 heterocycles. The minimum absolute atomic E-state index is 0.0478. The van der Waals surface area contributed by atoms with E-state index in [0.717, 1.165) is 11.3 Å². The average Bonchev–Trinajstić information content (AvgIpc) is 3.24. The van der Waals surface area contributed by atoms with Crippen LogP contribution < -0.4 is 26.0 Å². The molecule has 0 aliphatic rings. The Morgan fingerprint density at radius 1 is 1.06 bits per heavy atom. The summed E-state index contributed by atoms with van der Waals surface area (Å²) >= 11 is 1.20. The minimum Gasteiger partial charge on any atom is -0.497 e. The van der Waals surface area contributed by atoms with Crippen molar-refractivity contribution < 1.29 is 14.3 Å². The van der Waals surface area contributed by atoms with Crippen LogP contribution in [0.25, 0.3) is 5.69 Å². The molecular formula is C24H24N6O5S. The molecule has 0 aliphatic carbocycles. The number of nitrogens with zero attached hydrogens (tertiary/aromatic N) is 3. The first-order valence-corrected chi connectivity index (χ1v) is 11.8. The van der Waals surface area contributed by atoms with Crippen molar-refractivity contribution in [3.05, 3.63) is 86.5 Å². The van der Waals surface area contributed by atoms with E-state index in [9.17, 15) is 14.4 Å². The van der Waals surface area contributed by atoms with Gasteiger partial charge in [0.25, 0.3) is 5.56 Å². The van der Waals surface area contributed by atoms with Crippen LogP contribution in [0.2, 0.25) is 0 Å². The fourth-order valence-corrected chi connectivity index (χ4v) is 4.32. The molecule has 0 fully saturated rings. The van der Waals surface area contributed by atoms with Gasteiger partial charge in [-0.25, -0.2) is 4.79 Å². The van der Waals surface area contributed by atoms with Gasteiger partial charge in [0.05, 0.1) is 25.7 Å². The van der Waals surface area contributed by atoms with Crippen LogP contribution in [0.3, 0.4) is 0 Å². The molecule has 12 heteroatoms. The van der Waals surface area contributed by atoms with E-state index in [0.29, 0.717) is 33.9 Å². The minimum atomic E-state index is -0.599. The Bertz CT molecular complexity index is 1480. The number of carbonyl (C=O) groups is 1. The molecule has 0 unspecified atom stereocenters. The highest BCUT2D eigenvalue weighted by molar-refractivity contribution is 7.99. The van der Waals surface area contributed by atoms with Gasteiger partial charge in [0, 0.05) is 29.9 Å². The van der Waals surface area contributed by atoms with Crippen molar-refractivity contribution in [2.24, 2.45) is 0 Å². The zero-order valence-corrected chi connectivity index (χ0v) is 20.6. The lowest BCUT2D eigenvalue weighted by Crippen LogP contribution is -2.23. The molecule has 3 N–H and O–H groups in total. The van der Waals surface area contributed by atoms with Crippen LogP contribution in [-0.2, 0) is 11.2 Å². The molecule has 0 bridgehead atoms. The maximum absolute atomic E-state index is 12.8. The van der Waals surface area contributed by atoms with Crippen LogP contribution >= 0.6 is 11.8 Å². The highest BCUT2D eigenvalue weighted by Gasteiger charge is 2.18. The second-order valence-electron chi connectivity index (χ2n) is 7.77. The molecule has 4 rings (SSSR count). The highest BCUT2D eigenvalue weighted by Crippen LogP contribution is 2.29. The van der Waals surface area contributed by atoms with E-state index in [1.165, 1.54) is 24.9 Å². The maximum Gasteiger partial charge on any atom is 0.325 e. The number of nitrogens with one attached hydrogen (secondary N) is 3. The standard InChI is InChI=1S/C24H24N6O5S/c1-14-5-4-6-16(9-14)30-20(10-15-11-21(31)27-23(33)25-15)28-29-24(30)36-13-22(32)26-18-12-17(34-2)7-8-19(18)35-3/h4-9,11-12H,10,13H2,1-3H3,(H,26,32)(H2,25,27,31,33). The molecule has 0 spiro atoms. The number of hydrogen-bond donors (Lipinski definition) is 3. The Morgan fingerprint density at radius 2 is 1.89 bits per heavy atom.